The molecule has 0 saturated heterocycles. The highest BCUT2D eigenvalue weighted by Crippen LogP contribution is 2.62. The van der Waals surface area contributed by atoms with Gasteiger partial charge in [-0.05, 0) is 30.4 Å². The minimum Gasteiger partial charge on any atom is -0.462 e. The number of aldehydes is 2. The van der Waals surface area contributed by atoms with Gasteiger partial charge >= 0.3 is 11.9 Å². The van der Waals surface area contributed by atoms with E-state index in [0.717, 1.165) is 12.6 Å². The summed E-state index contributed by atoms with van der Waals surface area (Å²) in [6, 6.07) is 0. The van der Waals surface area contributed by atoms with E-state index in [1.807, 2.05) is 20.8 Å². The molecule has 2 aliphatic rings. The molecule has 2 rings (SSSR count). The molecule has 5 atom stereocenters. The normalized spacial score (nSPS) is 36.4. The summed E-state index contributed by atoms with van der Waals surface area (Å²) < 4.78 is 11.1. The number of fused-ring (bicyclic) bond motifs is 1. The van der Waals surface area contributed by atoms with E-state index in [0.29, 0.717) is 17.6 Å². The predicted molar refractivity (Wildman–Crippen MR) is 89.4 cm³/mol. The van der Waals surface area contributed by atoms with Crippen LogP contribution in [0.1, 0.15) is 48.0 Å². The molecule has 0 heterocycles. The molecule has 6 heteroatoms. The highest BCUT2D eigenvalue weighted by Gasteiger charge is 2.65. The second-order valence-electron chi connectivity index (χ2n) is 7.96. The molecule has 0 bridgehead atoms. The minimum absolute atomic E-state index is 0.153. The van der Waals surface area contributed by atoms with Crippen LogP contribution in [0.5, 0.6) is 0 Å². The topological polar surface area (TPSA) is 86.7 Å². The lowest BCUT2D eigenvalue weighted by Crippen LogP contribution is -2.43. The lowest BCUT2D eigenvalue weighted by atomic mass is 9.68. The third-order valence-corrected chi connectivity index (χ3v) is 5.69. The number of hydrogen-bond donors (Lipinski definition) is 0. The number of carbonyl (C=O) groups excluding carboxylic acids is 4. The van der Waals surface area contributed by atoms with Crippen molar-refractivity contribution in [3.05, 3.63) is 11.1 Å². The highest BCUT2D eigenvalue weighted by atomic mass is 16.6. The van der Waals surface area contributed by atoms with Crippen LogP contribution in [-0.2, 0) is 28.7 Å². The number of ether oxygens (including phenoxy) is 2. The summed E-state index contributed by atoms with van der Waals surface area (Å²) >= 11 is 0. The Morgan fingerprint density at radius 1 is 1.08 bits per heavy atom. The molecule has 0 aromatic carbocycles. The van der Waals surface area contributed by atoms with E-state index in [1.54, 1.807) is 6.92 Å². The van der Waals surface area contributed by atoms with Gasteiger partial charge in [-0.25, -0.2) is 0 Å². The van der Waals surface area contributed by atoms with Gasteiger partial charge in [-0.1, -0.05) is 20.8 Å². The number of hydrogen-bond acceptors (Lipinski definition) is 6. The minimum atomic E-state index is -1.14. The van der Waals surface area contributed by atoms with Crippen molar-refractivity contribution in [3.8, 4) is 0 Å². The Kier molecular flexibility index (Phi) is 4.94. The summed E-state index contributed by atoms with van der Waals surface area (Å²) in [5.74, 6) is -1.42. The summed E-state index contributed by atoms with van der Waals surface area (Å²) in [5, 5.41) is 0. The van der Waals surface area contributed by atoms with Gasteiger partial charge in [0.1, 0.15) is 24.8 Å². The second-order valence-corrected chi connectivity index (χ2v) is 7.96. The van der Waals surface area contributed by atoms with Crippen molar-refractivity contribution in [3.63, 3.8) is 0 Å². The van der Waals surface area contributed by atoms with Gasteiger partial charge in [0, 0.05) is 25.2 Å². The van der Waals surface area contributed by atoms with Gasteiger partial charge in [0.2, 0.25) is 0 Å². The van der Waals surface area contributed by atoms with E-state index in [1.165, 1.54) is 13.8 Å². The third-order valence-electron chi connectivity index (χ3n) is 5.69. The maximum absolute atomic E-state index is 12.1. The van der Waals surface area contributed by atoms with Gasteiger partial charge in [-0.2, -0.15) is 0 Å². The number of allylic oxidation sites excluding steroid dienone is 1. The Morgan fingerprint density at radius 3 is 2.08 bits per heavy atom. The van der Waals surface area contributed by atoms with Crippen LogP contribution in [0.15, 0.2) is 11.1 Å². The lowest BCUT2D eigenvalue weighted by molar-refractivity contribution is -0.163. The third kappa shape index (κ3) is 2.92. The van der Waals surface area contributed by atoms with E-state index < -0.39 is 35.0 Å². The van der Waals surface area contributed by atoms with E-state index in [2.05, 4.69) is 0 Å². The Labute approximate surface area is 147 Å². The Morgan fingerprint density at radius 2 is 1.64 bits per heavy atom. The molecule has 6 nitrogen and oxygen atoms in total. The zero-order valence-corrected chi connectivity index (χ0v) is 15.6. The second kappa shape index (κ2) is 6.39. The van der Waals surface area contributed by atoms with Crippen molar-refractivity contribution in [2.45, 2.75) is 60.2 Å². The fourth-order valence-corrected chi connectivity index (χ4v) is 4.89. The van der Waals surface area contributed by atoms with Gasteiger partial charge in [0.05, 0.1) is 5.41 Å². The largest absolute Gasteiger partial charge is 0.462 e. The molecule has 0 aromatic heterocycles. The van der Waals surface area contributed by atoms with E-state index >= 15 is 0 Å². The molecular formula is C19H26O6. The summed E-state index contributed by atoms with van der Waals surface area (Å²) in [6.45, 7) is 9.97. The van der Waals surface area contributed by atoms with Crippen LogP contribution in [-0.4, -0.2) is 36.7 Å². The lowest BCUT2D eigenvalue weighted by Gasteiger charge is -2.40. The Balaban J connectivity index is 2.73. The molecule has 0 aliphatic heterocycles. The standard InChI is InChI=1S/C19H26O6/c1-10-7-14(24-11(2)22)16-15(13(10)8-20)19(6,9-21)17(18(16,4)5)25-12(3)23/h8-10,14,16-17H,7H2,1-6H3. The van der Waals surface area contributed by atoms with Crippen LogP contribution in [0.3, 0.4) is 0 Å². The number of rotatable bonds is 4. The maximum atomic E-state index is 12.1. The first-order chi connectivity index (χ1) is 11.5. The Hall–Kier alpha value is -1.98. The van der Waals surface area contributed by atoms with Crippen molar-refractivity contribution in [1.29, 1.82) is 0 Å². The van der Waals surface area contributed by atoms with Gasteiger partial charge in [0.15, 0.2) is 0 Å². The van der Waals surface area contributed by atoms with Gasteiger partial charge < -0.3 is 14.3 Å². The van der Waals surface area contributed by atoms with Crippen molar-refractivity contribution in [2.24, 2.45) is 22.7 Å². The molecule has 0 N–H and O–H groups in total. The van der Waals surface area contributed by atoms with Crippen molar-refractivity contribution in [2.75, 3.05) is 0 Å². The molecule has 0 spiro atoms. The van der Waals surface area contributed by atoms with Crippen LogP contribution in [0.2, 0.25) is 0 Å². The average molecular weight is 350 g/mol. The zero-order valence-electron chi connectivity index (χ0n) is 15.6. The Bertz CT molecular complexity index is 646. The molecule has 0 radical (unpaired) electrons. The smallest absolute Gasteiger partial charge is 0.302 e. The fourth-order valence-electron chi connectivity index (χ4n) is 4.89. The van der Waals surface area contributed by atoms with Crippen LogP contribution in [0, 0.1) is 22.7 Å². The molecule has 0 amide bonds. The zero-order chi connectivity index (χ0) is 19.2. The molecule has 0 aromatic rings. The van der Waals surface area contributed by atoms with E-state index in [4.69, 9.17) is 9.47 Å². The van der Waals surface area contributed by atoms with Crippen LogP contribution >= 0.6 is 0 Å². The molecule has 1 fully saturated rings. The van der Waals surface area contributed by atoms with Crippen molar-refractivity contribution >= 4 is 24.5 Å². The van der Waals surface area contributed by atoms with E-state index in [9.17, 15) is 19.2 Å². The SMILES string of the molecule is CC(=O)OC1CC(C)C(C=O)=C2C1C(C)(C)C(OC(C)=O)C2(C)C=O. The molecular weight excluding hydrogens is 324 g/mol. The fraction of sp³-hybridized carbons (Fsp3) is 0.684. The van der Waals surface area contributed by atoms with Crippen LogP contribution < -0.4 is 0 Å². The van der Waals surface area contributed by atoms with Crippen molar-refractivity contribution in [1.82, 2.24) is 0 Å². The number of esters is 2. The molecule has 5 unspecified atom stereocenters. The first-order valence-corrected chi connectivity index (χ1v) is 8.51. The first-order valence-electron chi connectivity index (χ1n) is 8.51. The monoisotopic (exact) mass is 350 g/mol. The summed E-state index contributed by atoms with van der Waals surface area (Å²) in [6.07, 6.45) is 0.816. The van der Waals surface area contributed by atoms with Crippen LogP contribution in [0.25, 0.3) is 0 Å². The quantitative estimate of drug-likeness (QED) is 0.571. The van der Waals surface area contributed by atoms with Gasteiger partial charge in [0.25, 0.3) is 0 Å². The summed E-state index contributed by atoms with van der Waals surface area (Å²) in [4.78, 5) is 47.2. The van der Waals surface area contributed by atoms with E-state index in [-0.39, 0.29) is 11.8 Å². The van der Waals surface area contributed by atoms with Gasteiger partial charge in [-0.3, -0.25) is 14.4 Å². The van der Waals surface area contributed by atoms with Gasteiger partial charge in [-0.15, -0.1) is 0 Å². The highest BCUT2D eigenvalue weighted by molar-refractivity contribution is 5.82. The maximum Gasteiger partial charge on any atom is 0.302 e. The molecule has 2 aliphatic carbocycles. The number of carbonyl (C=O) groups is 4. The molecule has 25 heavy (non-hydrogen) atoms. The summed E-state index contributed by atoms with van der Waals surface area (Å²) in [5.41, 5.74) is -0.626. The average Bonchev–Trinajstić information content (AvgIpc) is 2.66. The first kappa shape index (κ1) is 19.3. The molecule has 138 valence electrons. The predicted octanol–water partition coefficient (Wildman–Crippen LogP) is 2.25. The van der Waals surface area contributed by atoms with Crippen molar-refractivity contribution < 1.29 is 28.7 Å². The van der Waals surface area contributed by atoms with Crippen LogP contribution in [0.4, 0.5) is 0 Å². The summed E-state index contributed by atoms with van der Waals surface area (Å²) in [7, 11) is 0. The molecule has 1 saturated carbocycles.